The van der Waals surface area contributed by atoms with Crippen LogP contribution in [-0.2, 0) is 9.53 Å². The van der Waals surface area contributed by atoms with Crippen molar-refractivity contribution in [1.82, 2.24) is 10.2 Å². The second kappa shape index (κ2) is 8.91. The molecular formula is C18H31N3O3. The predicted molar refractivity (Wildman–Crippen MR) is 92.2 cm³/mol. The Balaban J connectivity index is 2.77. The van der Waals surface area contributed by atoms with E-state index in [-0.39, 0.29) is 30.3 Å². The van der Waals surface area contributed by atoms with Gasteiger partial charge in [-0.1, -0.05) is 26.7 Å². The maximum absolute atomic E-state index is 12.6. The van der Waals surface area contributed by atoms with Gasteiger partial charge in [0.1, 0.15) is 11.6 Å². The average Bonchev–Trinajstić information content (AvgIpc) is 2.94. The molecule has 0 aromatic carbocycles. The molecular weight excluding hydrogens is 306 g/mol. The molecule has 136 valence electrons. The van der Waals surface area contributed by atoms with E-state index in [2.05, 4.69) is 25.2 Å². The lowest BCUT2D eigenvalue weighted by atomic mass is 9.91. The van der Waals surface area contributed by atoms with Crippen LogP contribution in [0.3, 0.4) is 0 Å². The van der Waals surface area contributed by atoms with Crippen LogP contribution in [0, 0.1) is 17.2 Å². The Bertz CT molecular complexity index is 475. The molecule has 1 saturated heterocycles. The summed E-state index contributed by atoms with van der Waals surface area (Å²) in [5.74, 6) is 0.136. The SMILES string of the molecule is CCC(CC)C(CC(=O)N1CCCC1C#N)NC(=O)OC(C)(C)C. The summed E-state index contributed by atoms with van der Waals surface area (Å²) in [6, 6.07) is 1.58. The van der Waals surface area contributed by atoms with E-state index in [9.17, 15) is 9.59 Å². The number of hydrogen-bond donors (Lipinski definition) is 1. The van der Waals surface area contributed by atoms with Crippen LogP contribution in [-0.4, -0.2) is 41.1 Å². The first-order valence-electron chi connectivity index (χ1n) is 8.90. The Morgan fingerprint density at radius 3 is 2.46 bits per heavy atom. The van der Waals surface area contributed by atoms with Crippen LogP contribution >= 0.6 is 0 Å². The Labute approximate surface area is 145 Å². The summed E-state index contributed by atoms with van der Waals surface area (Å²) < 4.78 is 5.33. The molecule has 2 unspecified atom stereocenters. The number of likely N-dealkylation sites (tertiary alicyclic amines) is 1. The molecule has 2 amide bonds. The number of carbonyl (C=O) groups excluding carboxylic acids is 2. The first kappa shape index (κ1) is 20.3. The van der Waals surface area contributed by atoms with Gasteiger partial charge in [-0.05, 0) is 39.5 Å². The summed E-state index contributed by atoms with van der Waals surface area (Å²) in [5.41, 5.74) is -0.576. The second-order valence-corrected chi connectivity index (χ2v) is 7.41. The minimum absolute atomic E-state index is 0.0630. The summed E-state index contributed by atoms with van der Waals surface area (Å²) in [6.07, 6.45) is 3.04. The number of nitrogens with one attached hydrogen (secondary N) is 1. The van der Waals surface area contributed by atoms with Crippen LogP contribution in [0.2, 0.25) is 0 Å². The Hall–Kier alpha value is -1.77. The van der Waals surface area contributed by atoms with Crippen molar-refractivity contribution in [3.05, 3.63) is 0 Å². The van der Waals surface area contributed by atoms with E-state index >= 15 is 0 Å². The van der Waals surface area contributed by atoms with Crippen LogP contribution < -0.4 is 5.32 Å². The average molecular weight is 337 g/mol. The van der Waals surface area contributed by atoms with E-state index in [1.54, 1.807) is 4.90 Å². The summed E-state index contributed by atoms with van der Waals surface area (Å²) >= 11 is 0. The summed E-state index contributed by atoms with van der Waals surface area (Å²) in [7, 11) is 0. The Morgan fingerprint density at radius 2 is 1.96 bits per heavy atom. The van der Waals surface area contributed by atoms with E-state index in [0.29, 0.717) is 6.54 Å². The minimum atomic E-state index is -0.576. The highest BCUT2D eigenvalue weighted by molar-refractivity contribution is 5.79. The third-order valence-electron chi connectivity index (χ3n) is 4.44. The first-order valence-corrected chi connectivity index (χ1v) is 8.90. The van der Waals surface area contributed by atoms with Crippen molar-refractivity contribution in [2.45, 2.75) is 84.4 Å². The van der Waals surface area contributed by atoms with Gasteiger partial charge in [-0.2, -0.15) is 5.26 Å². The number of ether oxygens (including phenoxy) is 1. The van der Waals surface area contributed by atoms with Crippen molar-refractivity contribution in [3.63, 3.8) is 0 Å². The molecule has 1 heterocycles. The van der Waals surface area contributed by atoms with Crippen molar-refractivity contribution in [2.75, 3.05) is 6.54 Å². The zero-order chi connectivity index (χ0) is 18.3. The van der Waals surface area contributed by atoms with Gasteiger partial charge in [-0.3, -0.25) is 4.79 Å². The Kier molecular flexibility index (Phi) is 7.53. The summed E-state index contributed by atoms with van der Waals surface area (Å²) in [4.78, 5) is 26.4. The van der Waals surface area contributed by atoms with E-state index in [1.807, 2.05) is 20.8 Å². The molecule has 0 radical (unpaired) electrons. The van der Waals surface area contributed by atoms with Crippen molar-refractivity contribution in [2.24, 2.45) is 5.92 Å². The van der Waals surface area contributed by atoms with Crippen molar-refractivity contribution in [3.8, 4) is 6.07 Å². The lowest BCUT2D eigenvalue weighted by Gasteiger charge is -2.30. The fraction of sp³-hybridized carbons (Fsp3) is 0.833. The maximum atomic E-state index is 12.6. The molecule has 0 aromatic rings. The molecule has 1 aliphatic rings. The second-order valence-electron chi connectivity index (χ2n) is 7.41. The third kappa shape index (κ3) is 6.03. The van der Waals surface area contributed by atoms with Crippen LogP contribution in [0.1, 0.15) is 66.7 Å². The van der Waals surface area contributed by atoms with E-state index < -0.39 is 11.7 Å². The lowest BCUT2D eigenvalue weighted by Crippen LogP contribution is -2.46. The third-order valence-corrected chi connectivity index (χ3v) is 4.44. The van der Waals surface area contributed by atoms with Gasteiger partial charge in [-0.15, -0.1) is 0 Å². The van der Waals surface area contributed by atoms with E-state index in [1.165, 1.54) is 0 Å². The number of alkyl carbamates (subject to hydrolysis) is 1. The fourth-order valence-corrected chi connectivity index (χ4v) is 3.16. The molecule has 0 aliphatic carbocycles. The quantitative estimate of drug-likeness (QED) is 0.806. The first-order chi connectivity index (χ1) is 11.2. The molecule has 6 heteroatoms. The molecule has 0 saturated carbocycles. The number of amides is 2. The molecule has 0 spiro atoms. The molecule has 1 fully saturated rings. The normalized spacial score (nSPS) is 19.0. The smallest absolute Gasteiger partial charge is 0.407 e. The molecule has 0 aromatic heterocycles. The van der Waals surface area contributed by atoms with Gasteiger partial charge in [0.05, 0.1) is 6.07 Å². The molecule has 2 atom stereocenters. The lowest BCUT2D eigenvalue weighted by molar-refractivity contribution is -0.132. The van der Waals surface area contributed by atoms with Crippen LogP contribution in [0.5, 0.6) is 0 Å². The molecule has 0 bridgehead atoms. The zero-order valence-corrected chi connectivity index (χ0v) is 15.6. The molecule has 1 rings (SSSR count). The van der Waals surface area contributed by atoms with Gasteiger partial charge in [-0.25, -0.2) is 4.79 Å². The summed E-state index contributed by atoms with van der Waals surface area (Å²) in [5, 5.41) is 12.0. The number of nitrogens with zero attached hydrogens (tertiary/aromatic N) is 2. The molecule has 1 N–H and O–H groups in total. The highest BCUT2D eigenvalue weighted by Crippen LogP contribution is 2.22. The standard InChI is InChI=1S/C18H31N3O3/c1-6-13(7-2)15(20-17(23)24-18(3,4)5)11-16(22)21-10-8-9-14(21)12-19/h13-15H,6-11H2,1-5H3,(H,20,23). The Morgan fingerprint density at radius 1 is 1.33 bits per heavy atom. The van der Waals surface area contributed by atoms with Crippen LogP contribution in [0.4, 0.5) is 4.79 Å². The highest BCUT2D eigenvalue weighted by Gasteiger charge is 2.32. The van der Waals surface area contributed by atoms with Gasteiger partial charge in [0.15, 0.2) is 0 Å². The van der Waals surface area contributed by atoms with Gasteiger partial charge in [0, 0.05) is 19.0 Å². The van der Waals surface area contributed by atoms with Crippen LogP contribution in [0.25, 0.3) is 0 Å². The minimum Gasteiger partial charge on any atom is -0.444 e. The van der Waals surface area contributed by atoms with Crippen LogP contribution in [0.15, 0.2) is 0 Å². The topological polar surface area (TPSA) is 82.4 Å². The number of carbonyl (C=O) groups is 2. The molecule has 24 heavy (non-hydrogen) atoms. The van der Waals surface area contributed by atoms with E-state index in [0.717, 1.165) is 25.7 Å². The van der Waals surface area contributed by atoms with Crippen molar-refractivity contribution in [1.29, 1.82) is 5.26 Å². The highest BCUT2D eigenvalue weighted by atomic mass is 16.6. The zero-order valence-electron chi connectivity index (χ0n) is 15.6. The summed E-state index contributed by atoms with van der Waals surface area (Å²) in [6.45, 7) is 10.2. The van der Waals surface area contributed by atoms with Gasteiger partial charge < -0.3 is 15.0 Å². The van der Waals surface area contributed by atoms with Gasteiger partial charge in [0.25, 0.3) is 0 Å². The van der Waals surface area contributed by atoms with Crippen molar-refractivity contribution < 1.29 is 14.3 Å². The number of nitriles is 1. The van der Waals surface area contributed by atoms with Gasteiger partial charge >= 0.3 is 6.09 Å². The number of rotatable bonds is 6. The monoisotopic (exact) mass is 337 g/mol. The molecule has 1 aliphatic heterocycles. The predicted octanol–water partition coefficient (Wildman–Crippen LogP) is 3.22. The van der Waals surface area contributed by atoms with Gasteiger partial charge in [0.2, 0.25) is 5.91 Å². The van der Waals surface area contributed by atoms with Crippen molar-refractivity contribution >= 4 is 12.0 Å². The largest absolute Gasteiger partial charge is 0.444 e. The maximum Gasteiger partial charge on any atom is 0.407 e. The van der Waals surface area contributed by atoms with E-state index in [4.69, 9.17) is 10.00 Å². The fourth-order valence-electron chi connectivity index (χ4n) is 3.16. The number of hydrogen-bond acceptors (Lipinski definition) is 4. The molecule has 6 nitrogen and oxygen atoms in total.